The zero-order valence-corrected chi connectivity index (χ0v) is 13.0. The Morgan fingerprint density at radius 1 is 1.12 bits per heavy atom. The molecule has 0 saturated carbocycles. The lowest BCUT2D eigenvalue weighted by Crippen LogP contribution is -2.14. The maximum absolute atomic E-state index is 11.8. The van der Waals surface area contributed by atoms with Gasteiger partial charge >= 0.3 is 5.97 Å². The summed E-state index contributed by atoms with van der Waals surface area (Å²) >= 11 is 0. The third-order valence-electron chi connectivity index (χ3n) is 3.24. The monoisotopic (exact) mass is 328 g/mol. The van der Waals surface area contributed by atoms with E-state index >= 15 is 0 Å². The van der Waals surface area contributed by atoms with Crippen LogP contribution in [0.25, 0.3) is 0 Å². The van der Waals surface area contributed by atoms with Crippen molar-refractivity contribution in [2.24, 2.45) is 0 Å². The minimum atomic E-state index is -0.489. The highest BCUT2D eigenvalue weighted by Gasteiger charge is 2.12. The number of ketones is 1. The fraction of sp³-hybridized carbons (Fsp3) is 0.176. The molecule has 2 aromatic rings. The number of ether oxygens (including phenoxy) is 1. The summed E-state index contributed by atoms with van der Waals surface area (Å²) in [4.78, 5) is 33.3. The van der Waals surface area contributed by atoms with Gasteiger partial charge in [0, 0.05) is 18.2 Å². The van der Waals surface area contributed by atoms with E-state index in [0.717, 1.165) is 0 Å². The molecule has 0 unspecified atom stereocenters. The van der Waals surface area contributed by atoms with Crippen molar-refractivity contribution in [2.75, 3.05) is 11.9 Å². The molecule has 2 rings (SSSR count). The van der Waals surface area contributed by atoms with Crippen LogP contribution in [-0.2, 0) is 4.79 Å². The number of para-hydroxylation sites is 2. The Balaban J connectivity index is 1.85. The number of hydrogen-bond donors (Lipinski definition) is 1. The van der Waals surface area contributed by atoms with Crippen LogP contribution >= 0.6 is 0 Å². The lowest BCUT2D eigenvalue weighted by molar-refractivity contribution is -0.384. The second-order valence-electron chi connectivity index (χ2n) is 5.01. The normalized spacial score (nSPS) is 10.0. The molecule has 124 valence electrons. The van der Waals surface area contributed by atoms with Gasteiger partial charge < -0.3 is 10.1 Å². The average Bonchev–Trinajstić information content (AvgIpc) is 2.55. The van der Waals surface area contributed by atoms with Crippen LogP contribution in [0.15, 0.2) is 48.5 Å². The first-order valence-electron chi connectivity index (χ1n) is 7.26. The van der Waals surface area contributed by atoms with Gasteiger partial charge in [0.15, 0.2) is 5.78 Å². The summed E-state index contributed by atoms with van der Waals surface area (Å²) in [5.74, 6) is -0.200. The summed E-state index contributed by atoms with van der Waals surface area (Å²) in [6.45, 7) is 1.66. The van der Waals surface area contributed by atoms with E-state index in [0.29, 0.717) is 17.0 Å². The van der Waals surface area contributed by atoms with Crippen molar-refractivity contribution in [3.8, 4) is 5.75 Å². The second kappa shape index (κ2) is 7.87. The molecule has 0 aliphatic carbocycles. The molecule has 0 fully saturated rings. The Morgan fingerprint density at radius 3 is 2.42 bits per heavy atom. The number of carbonyl (C=O) groups is 2. The van der Waals surface area contributed by atoms with Crippen LogP contribution in [0.5, 0.6) is 5.75 Å². The Kier molecular flexibility index (Phi) is 5.62. The Hall–Kier alpha value is -3.22. The lowest BCUT2D eigenvalue weighted by Gasteiger charge is -2.07. The molecule has 0 aliphatic rings. The third kappa shape index (κ3) is 4.64. The van der Waals surface area contributed by atoms with Gasteiger partial charge in [0.2, 0.25) is 0 Å². The van der Waals surface area contributed by atoms with Gasteiger partial charge in [-0.2, -0.15) is 0 Å². The summed E-state index contributed by atoms with van der Waals surface area (Å²) in [5, 5.41) is 13.7. The van der Waals surface area contributed by atoms with Crippen molar-refractivity contribution in [1.29, 1.82) is 0 Å². The van der Waals surface area contributed by atoms with Gasteiger partial charge in [-0.15, -0.1) is 0 Å². The Morgan fingerprint density at radius 2 is 1.79 bits per heavy atom. The van der Waals surface area contributed by atoms with E-state index in [1.54, 1.807) is 42.5 Å². The van der Waals surface area contributed by atoms with Gasteiger partial charge in [0.1, 0.15) is 11.4 Å². The summed E-state index contributed by atoms with van der Waals surface area (Å²) in [6, 6.07) is 12.5. The van der Waals surface area contributed by atoms with Crippen LogP contribution in [0.4, 0.5) is 11.4 Å². The number of anilines is 1. The van der Waals surface area contributed by atoms with E-state index in [-0.39, 0.29) is 24.4 Å². The molecule has 7 heteroatoms. The predicted molar refractivity (Wildman–Crippen MR) is 88.3 cm³/mol. The highest BCUT2D eigenvalue weighted by Crippen LogP contribution is 2.23. The number of hydrogen-bond acceptors (Lipinski definition) is 6. The van der Waals surface area contributed by atoms with Gasteiger partial charge in [-0.3, -0.25) is 19.7 Å². The lowest BCUT2D eigenvalue weighted by atomic mass is 10.1. The van der Waals surface area contributed by atoms with Gasteiger partial charge in [0.25, 0.3) is 5.69 Å². The van der Waals surface area contributed by atoms with Gasteiger partial charge in [0.05, 0.1) is 11.3 Å². The molecule has 0 bridgehead atoms. The fourth-order valence-electron chi connectivity index (χ4n) is 2.02. The van der Waals surface area contributed by atoms with Crippen molar-refractivity contribution >= 4 is 23.1 Å². The van der Waals surface area contributed by atoms with Crippen molar-refractivity contribution in [3.05, 3.63) is 64.2 Å². The van der Waals surface area contributed by atoms with Crippen LogP contribution in [0, 0.1) is 10.1 Å². The topological polar surface area (TPSA) is 98.5 Å². The maximum atomic E-state index is 11.8. The fourth-order valence-corrected chi connectivity index (χ4v) is 2.02. The van der Waals surface area contributed by atoms with Gasteiger partial charge in [-0.1, -0.05) is 12.1 Å². The number of Topliss-reactive ketones (excluding diaryl/α,β-unsaturated/α-hetero) is 1. The molecular weight excluding hydrogens is 312 g/mol. The van der Waals surface area contributed by atoms with Crippen molar-refractivity contribution in [2.45, 2.75) is 13.3 Å². The molecular formula is C17H16N2O5. The molecule has 0 amide bonds. The van der Waals surface area contributed by atoms with Gasteiger partial charge in [-0.05, 0) is 37.3 Å². The molecule has 0 saturated heterocycles. The third-order valence-corrected chi connectivity index (χ3v) is 3.24. The van der Waals surface area contributed by atoms with Crippen LogP contribution in [-0.4, -0.2) is 23.2 Å². The molecule has 0 spiro atoms. The number of rotatable bonds is 7. The second-order valence-corrected chi connectivity index (χ2v) is 5.01. The standard InChI is InChI=1S/C17H16N2O5/c1-12(20)13-6-8-14(9-7-13)24-17(21)10-11-18-15-4-2-3-5-16(15)19(22)23/h2-9,18H,10-11H2,1H3. The maximum Gasteiger partial charge on any atom is 0.312 e. The zero-order valence-electron chi connectivity index (χ0n) is 13.0. The first kappa shape index (κ1) is 17.1. The van der Waals surface area contributed by atoms with E-state index in [4.69, 9.17) is 4.74 Å². The van der Waals surface area contributed by atoms with Gasteiger partial charge in [-0.25, -0.2) is 0 Å². The smallest absolute Gasteiger partial charge is 0.312 e. The number of benzene rings is 2. The van der Waals surface area contributed by atoms with Crippen LogP contribution in [0.3, 0.4) is 0 Å². The number of carbonyl (C=O) groups excluding carboxylic acids is 2. The van der Waals surface area contributed by atoms with Crippen molar-refractivity contribution in [1.82, 2.24) is 0 Å². The quantitative estimate of drug-likeness (QED) is 0.275. The average molecular weight is 328 g/mol. The molecule has 0 heterocycles. The summed E-state index contributed by atoms with van der Waals surface area (Å²) < 4.78 is 5.14. The van der Waals surface area contributed by atoms with Crippen LogP contribution < -0.4 is 10.1 Å². The molecule has 1 N–H and O–H groups in total. The number of nitro groups is 1. The highest BCUT2D eigenvalue weighted by molar-refractivity contribution is 5.94. The molecule has 0 radical (unpaired) electrons. The van der Waals surface area contributed by atoms with E-state index in [2.05, 4.69) is 5.32 Å². The van der Waals surface area contributed by atoms with E-state index in [1.165, 1.54) is 13.0 Å². The molecule has 2 aromatic carbocycles. The van der Waals surface area contributed by atoms with E-state index in [9.17, 15) is 19.7 Å². The molecule has 0 aromatic heterocycles. The minimum Gasteiger partial charge on any atom is -0.426 e. The van der Waals surface area contributed by atoms with Crippen LogP contribution in [0.1, 0.15) is 23.7 Å². The molecule has 0 atom stereocenters. The van der Waals surface area contributed by atoms with E-state index in [1.807, 2.05) is 0 Å². The minimum absolute atomic E-state index is 0.0422. The predicted octanol–water partition coefficient (Wildman–Crippen LogP) is 3.21. The first-order chi connectivity index (χ1) is 11.5. The number of esters is 1. The summed E-state index contributed by atoms with van der Waals surface area (Å²) in [6.07, 6.45) is 0.0422. The van der Waals surface area contributed by atoms with Crippen molar-refractivity contribution < 1.29 is 19.2 Å². The summed E-state index contributed by atoms with van der Waals surface area (Å²) in [5.41, 5.74) is 0.833. The first-order valence-corrected chi connectivity index (χ1v) is 7.26. The number of nitro benzene ring substituents is 1. The number of nitrogens with one attached hydrogen (secondary N) is 1. The molecule has 7 nitrogen and oxygen atoms in total. The zero-order chi connectivity index (χ0) is 17.5. The summed E-state index contributed by atoms with van der Waals surface area (Å²) in [7, 11) is 0. The molecule has 24 heavy (non-hydrogen) atoms. The largest absolute Gasteiger partial charge is 0.426 e. The highest BCUT2D eigenvalue weighted by atomic mass is 16.6. The Bertz CT molecular complexity index is 756. The van der Waals surface area contributed by atoms with E-state index < -0.39 is 10.9 Å². The Labute approximate surface area is 138 Å². The molecule has 0 aliphatic heterocycles. The SMILES string of the molecule is CC(=O)c1ccc(OC(=O)CCNc2ccccc2[N+](=O)[O-])cc1. The van der Waals surface area contributed by atoms with Crippen LogP contribution in [0.2, 0.25) is 0 Å². The number of nitrogens with zero attached hydrogens (tertiary/aromatic N) is 1. The van der Waals surface area contributed by atoms with Crippen molar-refractivity contribution in [3.63, 3.8) is 0 Å².